The zero-order valence-electron chi connectivity index (χ0n) is 19.5. The minimum absolute atomic E-state index is 0.161. The number of hydrogen-bond acceptors (Lipinski definition) is 6. The molecule has 0 saturated heterocycles. The lowest BCUT2D eigenvalue weighted by atomic mass is 9.98. The van der Waals surface area contributed by atoms with Gasteiger partial charge in [-0.05, 0) is 61.6 Å². The van der Waals surface area contributed by atoms with Gasteiger partial charge < -0.3 is 19.4 Å². The van der Waals surface area contributed by atoms with Gasteiger partial charge in [-0.2, -0.15) is 0 Å². The Balaban J connectivity index is 2.17. The number of ether oxygens (including phenoxy) is 1. The number of alkyl halides is 2. The Morgan fingerprint density at radius 3 is 2.57 bits per heavy atom. The number of carboxylic acid groups (broad SMARTS) is 1. The molecule has 2 rings (SSSR count). The highest BCUT2D eigenvalue weighted by molar-refractivity contribution is 6.12. The molecule has 0 saturated carbocycles. The average molecular weight is 491 g/mol. The van der Waals surface area contributed by atoms with Crippen molar-refractivity contribution in [2.24, 2.45) is 0 Å². The molecule has 0 aliphatic carbocycles. The zero-order chi connectivity index (χ0) is 26.1. The first-order valence-electron chi connectivity index (χ1n) is 10.8. The topological polar surface area (TPSA) is 126 Å². The maximum absolute atomic E-state index is 12.9. The van der Waals surface area contributed by atoms with Crippen LogP contribution >= 0.6 is 0 Å². The van der Waals surface area contributed by atoms with Gasteiger partial charge in [-0.25, -0.2) is 18.4 Å². The fourth-order valence-corrected chi connectivity index (χ4v) is 3.21. The second-order valence-corrected chi connectivity index (χ2v) is 7.90. The number of carbonyl (C=O) groups excluding carboxylic acids is 1. The average Bonchev–Trinajstić information content (AvgIpc) is 2.77. The number of carbonyl (C=O) groups is 2. The summed E-state index contributed by atoms with van der Waals surface area (Å²) in [6.07, 6.45) is 1.62. The third kappa shape index (κ3) is 8.09. The molecule has 1 heterocycles. The number of Topliss-reactive ketones (excluding diaryl/α,β-unsaturated/α-hetero) is 1. The molecule has 3 N–H and O–H groups in total. The third-order valence-corrected chi connectivity index (χ3v) is 5.10. The molecule has 1 aromatic heterocycles. The smallest absolute Gasteiger partial charge is 0.408 e. The van der Waals surface area contributed by atoms with E-state index < -0.39 is 41.8 Å². The molecular formula is C25H27F2NO7. The molecule has 0 radical (unpaired) electrons. The summed E-state index contributed by atoms with van der Waals surface area (Å²) in [7, 11) is 0. The van der Waals surface area contributed by atoms with E-state index in [4.69, 9.17) is 14.3 Å². The largest absolute Gasteiger partial charge is 0.507 e. The molecule has 0 aliphatic heterocycles. The van der Waals surface area contributed by atoms with Crippen LogP contribution in [0.1, 0.15) is 59.9 Å². The molecule has 8 nitrogen and oxygen atoms in total. The molecule has 0 bridgehead atoms. The quantitative estimate of drug-likeness (QED) is 0.290. The second-order valence-electron chi connectivity index (χ2n) is 7.90. The molecule has 0 spiro atoms. The van der Waals surface area contributed by atoms with Gasteiger partial charge in [0.25, 0.3) is 6.43 Å². The molecule has 35 heavy (non-hydrogen) atoms. The Morgan fingerprint density at radius 1 is 1.26 bits per heavy atom. The van der Waals surface area contributed by atoms with E-state index in [-0.39, 0.29) is 23.0 Å². The monoisotopic (exact) mass is 491 g/mol. The molecular weight excluding hydrogens is 464 g/mol. The van der Waals surface area contributed by atoms with Gasteiger partial charge in [-0.3, -0.25) is 10.1 Å². The Bertz CT molecular complexity index is 1180. The summed E-state index contributed by atoms with van der Waals surface area (Å²) in [4.78, 5) is 35.8. The molecule has 1 amide bonds. The maximum atomic E-state index is 12.9. The highest BCUT2D eigenvalue weighted by atomic mass is 19.3. The fraction of sp³-hybridized carbons (Fsp3) is 0.320. The molecule has 1 atom stereocenters. The number of aryl methyl sites for hydroxylation is 1. The summed E-state index contributed by atoms with van der Waals surface area (Å²) in [5, 5.41) is 21.0. The number of benzene rings is 1. The van der Waals surface area contributed by atoms with Crippen molar-refractivity contribution in [2.75, 3.05) is 6.61 Å². The predicted octanol–water partition coefficient (Wildman–Crippen LogP) is 5.25. The molecule has 10 heteroatoms. The van der Waals surface area contributed by atoms with Crippen LogP contribution < -0.4 is 15.7 Å². The SMILES string of the molecule is C/C(=C\c1ccc(OCC(F)F)cc1C)C(=O)c1c(O)cc(C(C)CC/C=C/NC(=O)O)oc1=O. The van der Waals surface area contributed by atoms with Crippen molar-refractivity contribution in [3.05, 3.63) is 75.0 Å². The van der Waals surface area contributed by atoms with Crippen molar-refractivity contribution in [1.82, 2.24) is 5.32 Å². The summed E-state index contributed by atoms with van der Waals surface area (Å²) in [5.74, 6) is -1.04. The Hall–Kier alpha value is -3.95. The number of amides is 1. The van der Waals surface area contributed by atoms with Gasteiger partial charge in [-0.15, -0.1) is 0 Å². The van der Waals surface area contributed by atoms with Crippen LogP contribution in [0.15, 0.2) is 51.3 Å². The highest BCUT2D eigenvalue weighted by Gasteiger charge is 2.22. The van der Waals surface area contributed by atoms with Crippen molar-refractivity contribution in [3.63, 3.8) is 0 Å². The van der Waals surface area contributed by atoms with Gasteiger partial charge in [0, 0.05) is 18.2 Å². The van der Waals surface area contributed by atoms with Crippen LogP contribution in [0.3, 0.4) is 0 Å². The van der Waals surface area contributed by atoms with Crippen molar-refractivity contribution in [1.29, 1.82) is 0 Å². The first-order chi connectivity index (χ1) is 16.5. The van der Waals surface area contributed by atoms with Crippen molar-refractivity contribution >= 4 is 18.0 Å². The Labute approximate surface area is 200 Å². The molecule has 1 unspecified atom stereocenters. The molecule has 0 aliphatic rings. The zero-order valence-corrected chi connectivity index (χ0v) is 19.5. The van der Waals surface area contributed by atoms with Crippen LogP contribution in [0.25, 0.3) is 6.08 Å². The number of ketones is 1. The van der Waals surface area contributed by atoms with Gasteiger partial charge >= 0.3 is 11.7 Å². The van der Waals surface area contributed by atoms with Crippen LogP contribution in [0.4, 0.5) is 13.6 Å². The lowest BCUT2D eigenvalue weighted by Gasteiger charge is -2.11. The van der Waals surface area contributed by atoms with Gasteiger partial charge in [-0.1, -0.05) is 19.1 Å². The second kappa shape index (κ2) is 12.5. The van der Waals surface area contributed by atoms with Gasteiger partial charge in [0.05, 0.1) is 0 Å². The van der Waals surface area contributed by atoms with E-state index >= 15 is 0 Å². The summed E-state index contributed by atoms with van der Waals surface area (Å²) in [5.41, 5.74) is -0.0273. The van der Waals surface area contributed by atoms with E-state index in [2.05, 4.69) is 5.32 Å². The van der Waals surface area contributed by atoms with Crippen molar-refractivity contribution in [2.45, 2.75) is 46.0 Å². The van der Waals surface area contributed by atoms with Crippen LogP contribution in [0, 0.1) is 6.92 Å². The summed E-state index contributed by atoms with van der Waals surface area (Å²) < 4.78 is 34.9. The molecule has 188 valence electrons. The number of halogens is 2. The normalized spacial score (nSPS) is 12.7. The summed E-state index contributed by atoms with van der Waals surface area (Å²) >= 11 is 0. The standard InChI is InChI=1S/C25H27F2NO7/c1-14(6-4-5-9-28-25(32)33)20-12-19(29)22(24(31)35-20)23(30)16(3)10-17-7-8-18(11-15(17)2)34-13-21(26)27/h5,7-12,14,21,28-29H,4,6,13H2,1-3H3,(H,32,33)/b9-5+,16-10+. The van der Waals surface area contributed by atoms with E-state index in [1.807, 2.05) is 0 Å². The van der Waals surface area contributed by atoms with Crippen LogP contribution in [0.5, 0.6) is 11.5 Å². The van der Waals surface area contributed by atoms with Gasteiger partial charge in [0.15, 0.2) is 5.78 Å². The van der Waals surface area contributed by atoms with Crippen LogP contribution in [-0.2, 0) is 0 Å². The molecule has 1 aromatic carbocycles. The van der Waals surface area contributed by atoms with Crippen molar-refractivity contribution in [3.8, 4) is 11.5 Å². The number of hydrogen-bond donors (Lipinski definition) is 3. The number of allylic oxidation sites excluding steroid dienone is 2. The van der Waals surface area contributed by atoms with Crippen LogP contribution in [-0.4, -0.2) is 35.1 Å². The maximum Gasteiger partial charge on any atom is 0.408 e. The van der Waals surface area contributed by atoms with E-state index in [1.165, 1.54) is 31.3 Å². The minimum atomic E-state index is -2.60. The molecule has 2 aromatic rings. The van der Waals surface area contributed by atoms with Gasteiger partial charge in [0.1, 0.15) is 29.4 Å². The third-order valence-electron chi connectivity index (χ3n) is 5.10. The lowest BCUT2D eigenvalue weighted by molar-refractivity contribution is 0.0818. The van der Waals surface area contributed by atoms with E-state index in [1.54, 1.807) is 32.1 Å². The fourth-order valence-electron chi connectivity index (χ4n) is 3.21. The highest BCUT2D eigenvalue weighted by Crippen LogP contribution is 2.27. The van der Waals surface area contributed by atoms with E-state index in [0.717, 1.165) is 0 Å². The number of rotatable bonds is 11. The van der Waals surface area contributed by atoms with E-state index in [0.29, 0.717) is 24.0 Å². The predicted molar refractivity (Wildman–Crippen MR) is 125 cm³/mol. The summed E-state index contributed by atoms with van der Waals surface area (Å²) in [6.45, 7) is 4.23. The van der Waals surface area contributed by atoms with Gasteiger partial charge in [0.2, 0.25) is 0 Å². The molecule has 0 fully saturated rings. The summed E-state index contributed by atoms with van der Waals surface area (Å²) in [6, 6.07) is 5.88. The Morgan fingerprint density at radius 2 is 1.97 bits per heavy atom. The Kier molecular flexibility index (Phi) is 9.74. The first kappa shape index (κ1) is 27.3. The van der Waals surface area contributed by atoms with Crippen LogP contribution in [0.2, 0.25) is 0 Å². The minimum Gasteiger partial charge on any atom is -0.507 e. The lowest BCUT2D eigenvalue weighted by Crippen LogP contribution is -2.16. The number of aromatic hydroxyl groups is 1. The first-order valence-corrected chi connectivity index (χ1v) is 10.8. The number of nitrogens with one attached hydrogen (secondary N) is 1. The van der Waals surface area contributed by atoms with E-state index in [9.17, 15) is 28.3 Å². The van der Waals surface area contributed by atoms with Crippen molar-refractivity contribution < 1.29 is 37.7 Å².